The van der Waals surface area contributed by atoms with E-state index in [-0.39, 0.29) is 33.1 Å². The topological polar surface area (TPSA) is 80.8 Å². The van der Waals surface area contributed by atoms with E-state index in [1.54, 1.807) is 12.1 Å². The molecule has 5 rings (SSSR count). The number of benzene rings is 3. The number of hydrogen-bond donors (Lipinski definition) is 1. The van der Waals surface area contributed by atoms with Crippen molar-refractivity contribution in [1.29, 1.82) is 0 Å². The van der Waals surface area contributed by atoms with Gasteiger partial charge in [-0.15, -0.1) is 0 Å². The monoisotopic (exact) mass is 619 g/mol. The van der Waals surface area contributed by atoms with Gasteiger partial charge in [0.25, 0.3) is 10.0 Å². The Morgan fingerprint density at radius 3 is 2.52 bits per heavy atom. The van der Waals surface area contributed by atoms with Crippen LogP contribution in [0, 0.1) is 5.92 Å². The quantitative estimate of drug-likeness (QED) is 0.212. The van der Waals surface area contributed by atoms with Gasteiger partial charge in [-0.3, -0.25) is 4.72 Å². The van der Waals surface area contributed by atoms with Crippen LogP contribution in [0.3, 0.4) is 0 Å². The molecule has 0 bridgehead atoms. The second kappa shape index (κ2) is 12.4. The van der Waals surface area contributed by atoms with Crippen LogP contribution < -0.4 is 14.2 Å². The summed E-state index contributed by atoms with van der Waals surface area (Å²) in [6.45, 7) is 2.83. The molecule has 1 aliphatic rings. The zero-order chi connectivity index (χ0) is 28.3. The molecular weight excluding hydrogens is 593 g/mol. The van der Waals surface area contributed by atoms with E-state index in [2.05, 4.69) is 21.7 Å². The van der Waals surface area contributed by atoms with Gasteiger partial charge in [0.1, 0.15) is 22.9 Å². The predicted molar refractivity (Wildman–Crippen MR) is 161 cm³/mol. The van der Waals surface area contributed by atoms with Crippen LogP contribution in [-0.2, 0) is 16.6 Å². The molecule has 0 atom stereocenters. The van der Waals surface area contributed by atoms with Crippen LogP contribution in [0.15, 0.2) is 71.6 Å². The average Bonchev–Trinajstić information content (AvgIpc) is 2.94. The smallest absolute Gasteiger partial charge is 0.263 e. The lowest BCUT2D eigenvalue weighted by atomic mass is 9.98. The van der Waals surface area contributed by atoms with Crippen molar-refractivity contribution in [2.24, 2.45) is 5.92 Å². The average molecular weight is 621 g/mol. The fraction of sp³-hybridized carbons (Fsp3) is 0.276. The van der Waals surface area contributed by atoms with Gasteiger partial charge >= 0.3 is 0 Å². The number of anilines is 1. The highest BCUT2D eigenvalue weighted by atomic mass is 35.5. The molecule has 0 amide bonds. The van der Waals surface area contributed by atoms with Gasteiger partial charge in [-0.1, -0.05) is 65.1 Å². The van der Waals surface area contributed by atoms with E-state index < -0.39 is 10.0 Å². The summed E-state index contributed by atoms with van der Waals surface area (Å²) in [5.74, 6) is 1.19. The van der Waals surface area contributed by atoms with Gasteiger partial charge in [0.2, 0.25) is 5.88 Å². The van der Waals surface area contributed by atoms with E-state index >= 15 is 0 Å². The minimum Gasteiger partial charge on any atom is -0.492 e. The third-order valence-corrected chi connectivity index (χ3v) is 9.47. The van der Waals surface area contributed by atoms with Gasteiger partial charge in [0.05, 0.1) is 27.2 Å². The van der Waals surface area contributed by atoms with E-state index in [0.717, 1.165) is 36.9 Å². The number of pyridine rings is 1. The van der Waals surface area contributed by atoms with Crippen molar-refractivity contribution in [2.45, 2.75) is 24.3 Å². The molecular formula is C29H28Cl3N3O4S. The Kier molecular flexibility index (Phi) is 8.92. The standard InChI is InChI=1S/C29H28Cl3N3O4S/c1-35-13-11-19(12-14-35)17-38-26-15-20(9-10-22(26)30)18-39-29-25(16-21-5-2-3-7-24(21)33-29)34-40(36,37)27-8-4-6-23(31)28(27)32/h2-10,15-16,19,34H,11-14,17-18H2,1H3. The number of fused-ring (bicyclic) bond motifs is 1. The third kappa shape index (κ3) is 6.75. The molecule has 1 fully saturated rings. The van der Waals surface area contributed by atoms with Gasteiger partial charge in [-0.2, -0.15) is 0 Å². The SMILES string of the molecule is CN1CCC(COc2cc(COc3nc4ccccc4cc3NS(=O)(=O)c3cccc(Cl)c3Cl)ccc2Cl)CC1. The molecule has 40 heavy (non-hydrogen) atoms. The minimum absolute atomic E-state index is 0.0678. The molecule has 4 aromatic rings. The molecule has 210 valence electrons. The first kappa shape index (κ1) is 28.8. The molecule has 1 aromatic heterocycles. The normalized spacial score (nSPS) is 14.8. The fourth-order valence-corrected chi connectivity index (χ4v) is 6.49. The molecule has 11 heteroatoms. The van der Waals surface area contributed by atoms with Gasteiger partial charge in [-0.25, -0.2) is 13.4 Å². The zero-order valence-electron chi connectivity index (χ0n) is 21.7. The number of halogens is 3. The first-order valence-electron chi connectivity index (χ1n) is 12.8. The Bertz CT molecular complexity index is 1630. The molecule has 3 aromatic carbocycles. The van der Waals surface area contributed by atoms with E-state index in [4.69, 9.17) is 44.3 Å². The van der Waals surface area contributed by atoms with Gasteiger partial charge in [-0.05, 0) is 80.9 Å². The van der Waals surface area contributed by atoms with Crippen molar-refractivity contribution in [3.63, 3.8) is 0 Å². The highest BCUT2D eigenvalue weighted by Crippen LogP contribution is 2.34. The summed E-state index contributed by atoms with van der Waals surface area (Å²) < 4.78 is 41.3. The molecule has 0 spiro atoms. The fourth-order valence-electron chi connectivity index (χ4n) is 4.51. The minimum atomic E-state index is -4.10. The first-order valence-corrected chi connectivity index (χ1v) is 15.4. The summed E-state index contributed by atoms with van der Waals surface area (Å²) in [6.07, 6.45) is 2.17. The number of likely N-dealkylation sites (tertiary alicyclic amines) is 1. The van der Waals surface area contributed by atoms with Crippen molar-refractivity contribution in [3.8, 4) is 11.6 Å². The number of hydrogen-bond acceptors (Lipinski definition) is 6. The Labute approximate surface area is 249 Å². The van der Waals surface area contributed by atoms with Crippen LogP contribution in [-0.4, -0.2) is 45.0 Å². The second-order valence-corrected chi connectivity index (χ2v) is 12.6. The van der Waals surface area contributed by atoms with Crippen molar-refractivity contribution < 1.29 is 17.9 Å². The first-order chi connectivity index (χ1) is 19.2. The van der Waals surface area contributed by atoms with E-state index in [1.807, 2.05) is 36.4 Å². The molecule has 0 saturated carbocycles. The summed E-state index contributed by atoms with van der Waals surface area (Å²) in [5.41, 5.74) is 1.62. The maximum atomic E-state index is 13.3. The molecule has 1 saturated heterocycles. The van der Waals surface area contributed by atoms with E-state index in [0.29, 0.717) is 28.8 Å². The van der Waals surface area contributed by atoms with E-state index in [9.17, 15) is 8.42 Å². The zero-order valence-corrected chi connectivity index (χ0v) is 24.8. The molecule has 1 N–H and O–H groups in total. The number of para-hydroxylation sites is 1. The Morgan fingerprint density at radius 1 is 0.950 bits per heavy atom. The second-order valence-electron chi connectivity index (χ2n) is 9.80. The summed E-state index contributed by atoms with van der Waals surface area (Å²) in [6, 6.07) is 18.9. The summed E-state index contributed by atoms with van der Waals surface area (Å²) in [5, 5.41) is 1.32. The van der Waals surface area contributed by atoms with Crippen LogP contribution in [0.4, 0.5) is 5.69 Å². The van der Waals surface area contributed by atoms with Crippen molar-refractivity contribution in [1.82, 2.24) is 9.88 Å². The van der Waals surface area contributed by atoms with Crippen LogP contribution in [0.1, 0.15) is 18.4 Å². The van der Waals surface area contributed by atoms with Gasteiger partial charge < -0.3 is 14.4 Å². The van der Waals surface area contributed by atoms with Gasteiger partial charge in [0, 0.05) is 5.39 Å². The molecule has 7 nitrogen and oxygen atoms in total. The predicted octanol–water partition coefficient (Wildman–Crippen LogP) is 7.30. The number of rotatable bonds is 9. The largest absolute Gasteiger partial charge is 0.492 e. The lowest BCUT2D eigenvalue weighted by Gasteiger charge is -2.28. The van der Waals surface area contributed by atoms with Crippen molar-refractivity contribution in [3.05, 3.63) is 87.4 Å². The molecule has 0 unspecified atom stereocenters. The Balaban J connectivity index is 1.37. The van der Waals surface area contributed by atoms with Crippen LogP contribution >= 0.6 is 34.8 Å². The molecule has 0 aliphatic carbocycles. The highest BCUT2D eigenvalue weighted by Gasteiger charge is 2.23. The van der Waals surface area contributed by atoms with Crippen LogP contribution in [0.25, 0.3) is 10.9 Å². The lowest BCUT2D eigenvalue weighted by Crippen LogP contribution is -2.32. The summed E-state index contributed by atoms with van der Waals surface area (Å²) in [4.78, 5) is 6.75. The number of ether oxygens (including phenoxy) is 2. The van der Waals surface area contributed by atoms with Crippen LogP contribution in [0.2, 0.25) is 15.1 Å². The molecule has 2 heterocycles. The maximum absolute atomic E-state index is 13.3. The summed E-state index contributed by atoms with van der Waals surface area (Å²) >= 11 is 18.7. The summed E-state index contributed by atoms with van der Waals surface area (Å²) in [7, 11) is -1.97. The third-order valence-electron chi connectivity index (χ3n) is 6.82. The Hall–Kier alpha value is -2.75. The van der Waals surface area contributed by atoms with E-state index in [1.165, 1.54) is 18.2 Å². The highest BCUT2D eigenvalue weighted by molar-refractivity contribution is 7.92. The molecule has 1 aliphatic heterocycles. The van der Waals surface area contributed by atoms with Gasteiger partial charge in [0.15, 0.2) is 0 Å². The number of sulfonamides is 1. The molecule has 0 radical (unpaired) electrons. The maximum Gasteiger partial charge on any atom is 0.263 e. The Morgan fingerprint density at radius 2 is 1.73 bits per heavy atom. The lowest BCUT2D eigenvalue weighted by molar-refractivity contribution is 0.160. The number of aromatic nitrogens is 1. The number of nitrogens with one attached hydrogen (secondary N) is 1. The number of piperidine rings is 1. The van der Waals surface area contributed by atoms with Crippen molar-refractivity contribution in [2.75, 3.05) is 31.5 Å². The number of nitrogens with zero attached hydrogens (tertiary/aromatic N) is 2. The van der Waals surface area contributed by atoms with Crippen molar-refractivity contribution >= 4 is 61.4 Å². The van der Waals surface area contributed by atoms with Crippen LogP contribution in [0.5, 0.6) is 11.6 Å².